The lowest BCUT2D eigenvalue weighted by molar-refractivity contribution is -0.0215. The number of phenols is 1. The first-order valence-corrected chi connectivity index (χ1v) is 29.0. The first kappa shape index (κ1) is 53.2. The Morgan fingerprint density at radius 1 is 0.904 bits per heavy atom. The summed E-state index contributed by atoms with van der Waals surface area (Å²) in [6, 6.07) is 28.1. The van der Waals surface area contributed by atoms with Crippen molar-refractivity contribution < 1.29 is 40.5 Å². The monoisotopic (exact) mass is 1030 g/mol. The van der Waals surface area contributed by atoms with Gasteiger partial charge >= 0.3 is 0 Å². The predicted molar refractivity (Wildman–Crippen MR) is 291 cm³/mol. The molecule has 1 saturated heterocycles. The Morgan fingerprint density at radius 2 is 1.68 bits per heavy atom. The zero-order valence-electron chi connectivity index (χ0n) is 42.0. The molecule has 3 heterocycles. The number of aromatic hydroxyl groups is 1. The van der Waals surface area contributed by atoms with Gasteiger partial charge in [0.05, 0.1) is 24.4 Å². The van der Waals surface area contributed by atoms with Crippen molar-refractivity contribution in [2.45, 2.75) is 114 Å². The van der Waals surface area contributed by atoms with Crippen LogP contribution in [0.5, 0.6) is 11.5 Å². The van der Waals surface area contributed by atoms with Gasteiger partial charge in [0.2, 0.25) is 0 Å². The highest BCUT2D eigenvalue weighted by Gasteiger charge is 2.45. The van der Waals surface area contributed by atoms with E-state index in [-0.39, 0.29) is 54.8 Å². The van der Waals surface area contributed by atoms with Crippen LogP contribution in [0.25, 0.3) is 0 Å². The van der Waals surface area contributed by atoms with Crippen LogP contribution in [0.2, 0.25) is 0 Å². The minimum Gasteiger partial charge on any atom is -0.504 e. The van der Waals surface area contributed by atoms with Crippen LogP contribution in [0.4, 0.5) is 0 Å². The molecule has 9 rings (SSSR count). The lowest BCUT2D eigenvalue weighted by Gasteiger charge is -2.39. The highest BCUT2D eigenvalue weighted by molar-refractivity contribution is 8.76. The third kappa shape index (κ3) is 12.2. The Kier molecular flexibility index (Phi) is 17.8. The summed E-state index contributed by atoms with van der Waals surface area (Å²) in [7, 11) is 3.24. The number of hydrogen-bond donors (Lipinski definition) is 10. The van der Waals surface area contributed by atoms with Crippen LogP contribution in [-0.4, -0.2) is 103 Å². The predicted octanol–water partition coefficient (Wildman–Crippen LogP) is 7.75. The number of H-pyrrole nitrogens is 1. The highest BCUT2D eigenvalue weighted by atomic mass is 33.1. The maximum absolute atomic E-state index is 12.6. The van der Waals surface area contributed by atoms with Gasteiger partial charge in [0, 0.05) is 83.7 Å². The molecule has 390 valence electrons. The first-order valence-electron chi connectivity index (χ1n) is 26.6. The summed E-state index contributed by atoms with van der Waals surface area (Å²) in [6.07, 6.45) is 7.28. The average Bonchev–Trinajstić information content (AvgIpc) is 3.86. The van der Waals surface area contributed by atoms with Gasteiger partial charge in [-0.05, 0) is 135 Å². The molecule has 3 aromatic carbocycles. The van der Waals surface area contributed by atoms with Gasteiger partial charge in [-0.2, -0.15) is 0 Å². The van der Waals surface area contributed by atoms with Gasteiger partial charge in [0.15, 0.2) is 11.5 Å². The molecule has 0 amide bonds. The van der Waals surface area contributed by atoms with Crippen molar-refractivity contribution >= 4 is 21.6 Å². The number of aromatic amines is 1. The first-order chi connectivity index (χ1) is 35.5. The standard InChI is InChI=1S/C60H75N3O8S2/c1-2-39-25-41-28-53(68)55(71-56-29-42(26-45-14-9-22-62-45)47-19-23-63-59(61)51(47)36-73-72-35-43(33-64)58(56)70)31-49(41)50-30-54(69)57-40(27-48(39)50)18-21-60(32-46(66)15-16-52(57)67,20-17-37-10-5-3-6-11-37)44(34-65)24-38-12-7-4-8-13-38/h3-14,19,22,27-28,31,39-40,42-44,46,50,52,54,56-58,62-70H,2,15-17,20,23-26,29-30,32-36,61H2,1H3. The smallest absolute Gasteiger partial charge is 0.161 e. The van der Waals surface area contributed by atoms with E-state index in [2.05, 4.69) is 71.5 Å². The Labute approximate surface area is 439 Å². The number of aryl methyl sites for hydroxylation is 1. The summed E-state index contributed by atoms with van der Waals surface area (Å²) in [5.74, 6) is 7.08. The van der Waals surface area contributed by atoms with E-state index in [9.17, 15) is 35.7 Å². The third-order valence-electron chi connectivity index (χ3n) is 16.8. The molecule has 4 aromatic rings. The van der Waals surface area contributed by atoms with Crippen LogP contribution in [-0.2, 0) is 25.7 Å². The molecule has 13 atom stereocenters. The van der Waals surface area contributed by atoms with E-state index >= 15 is 0 Å². The lowest BCUT2D eigenvalue weighted by Crippen LogP contribution is -2.42. The molecule has 73 heavy (non-hydrogen) atoms. The molecule has 0 spiro atoms. The fourth-order valence-electron chi connectivity index (χ4n) is 12.7. The van der Waals surface area contributed by atoms with Crippen LogP contribution in [0.3, 0.4) is 0 Å². The molecule has 1 fully saturated rings. The molecule has 5 aliphatic rings. The second-order valence-corrected chi connectivity index (χ2v) is 23.8. The number of aliphatic hydroxyl groups is 6. The molecule has 11 nitrogen and oxygen atoms in total. The second-order valence-electron chi connectivity index (χ2n) is 21.3. The van der Waals surface area contributed by atoms with E-state index in [0.29, 0.717) is 81.7 Å². The Morgan fingerprint density at radius 3 is 2.41 bits per heavy atom. The fourth-order valence-corrected chi connectivity index (χ4v) is 15.2. The summed E-state index contributed by atoms with van der Waals surface area (Å²) in [4.78, 5) is 3.36. The number of aliphatic hydroxyl groups excluding tert-OH is 6. The van der Waals surface area contributed by atoms with E-state index in [1.165, 1.54) is 0 Å². The van der Waals surface area contributed by atoms with Crippen LogP contribution in [0.1, 0.15) is 85.7 Å². The van der Waals surface area contributed by atoms with Crippen molar-refractivity contribution in [1.82, 2.24) is 10.3 Å². The summed E-state index contributed by atoms with van der Waals surface area (Å²) in [6.45, 7) is 2.37. The highest BCUT2D eigenvalue weighted by Crippen LogP contribution is 2.51. The molecule has 2 aliphatic heterocycles. The second kappa shape index (κ2) is 24.4. The molecule has 3 aliphatic carbocycles. The molecular formula is C60H75N3O8S2. The van der Waals surface area contributed by atoms with Crippen molar-refractivity contribution in [2.75, 3.05) is 31.3 Å². The number of nitrogens with one attached hydrogen (secondary N) is 2. The van der Waals surface area contributed by atoms with Crippen molar-refractivity contribution in [3.8, 4) is 23.3 Å². The van der Waals surface area contributed by atoms with E-state index in [0.717, 1.165) is 51.1 Å². The van der Waals surface area contributed by atoms with Gasteiger partial charge in [-0.25, -0.2) is 0 Å². The summed E-state index contributed by atoms with van der Waals surface area (Å²) >= 11 is 0. The topological polar surface area (TPSA) is 205 Å². The summed E-state index contributed by atoms with van der Waals surface area (Å²) in [5.41, 5.74) is 14.2. The van der Waals surface area contributed by atoms with Gasteiger partial charge in [0.25, 0.3) is 0 Å². The molecular weight excluding hydrogens is 955 g/mol. The maximum atomic E-state index is 12.6. The van der Waals surface area contributed by atoms with Crippen LogP contribution >= 0.6 is 21.6 Å². The van der Waals surface area contributed by atoms with Crippen LogP contribution < -0.4 is 15.8 Å². The van der Waals surface area contributed by atoms with Crippen LogP contribution in [0.15, 0.2) is 126 Å². The number of allylic oxidation sites excluding steroid dienone is 3. The van der Waals surface area contributed by atoms with Gasteiger partial charge in [0.1, 0.15) is 11.9 Å². The Balaban J connectivity index is 1.10. The minimum absolute atomic E-state index is 0.0381. The number of phenolic OH excluding ortho intramolecular Hbond substituents is 1. The van der Waals surface area contributed by atoms with Gasteiger partial charge in [-0.15, -0.1) is 0 Å². The number of aromatic nitrogens is 1. The Bertz CT molecular complexity index is 2620. The zero-order valence-corrected chi connectivity index (χ0v) is 43.6. The number of nitrogens with two attached hydrogens (primary N) is 1. The number of ether oxygens (including phenoxy) is 1. The van der Waals surface area contributed by atoms with Crippen molar-refractivity contribution in [3.05, 3.63) is 154 Å². The third-order valence-corrected chi connectivity index (χ3v) is 19.2. The summed E-state index contributed by atoms with van der Waals surface area (Å²) in [5, 5.41) is 86.1. The van der Waals surface area contributed by atoms with E-state index in [1.54, 1.807) is 27.7 Å². The van der Waals surface area contributed by atoms with Crippen molar-refractivity contribution in [3.63, 3.8) is 0 Å². The normalized spacial score (nSPS) is 31.2. The quantitative estimate of drug-likeness (QED) is 0.0355. The summed E-state index contributed by atoms with van der Waals surface area (Å²) < 4.78 is 6.94. The molecule has 11 N–H and O–H groups in total. The number of rotatable bonds is 13. The van der Waals surface area contributed by atoms with E-state index in [4.69, 9.17) is 10.5 Å². The molecule has 0 bridgehead atoms. The van der Waals surface area contributed by atoms with E-state index in [1.807, 2.05) is 54.7 Å². The molecule has 13 heteroatoms. The largest absolute Gasteiger partial charge is 0.504 e. The van der Waals surface area contributed by atoms with Crippen molar-refractivity contribution in [2.24, 2.45) is 46.7 Å². The van der Waals surface area contributed by atoms with Gasteiger partial charge < -0.3 is 56.5 Å². The number of fused-ring (bicyclic) bond motifs is 5. The number of dihydropyridines is 1. The lowest BCUT2D eigenvalue weighted by atomic mass is 9.65. The average molecular weight is 1030 g/mol. The molecule has 13 unspecified atom stereocenters. The minimum atomic E-state index is -1.08. The fraction of sp³-hybridized carbons (Fsp3) is 0.500. The molecule has 1 aromatic heterocycles. The van der Waals surface area contributed by atoms with Crippen LogP contribution in [0, 0.1) is 52.8 Å². The molecule has 0 saturated carbocycles. The number of benzene rings is 3. The zero-order chi connectivity index (χ0) is 51.1. The maximum Gasteiger partial charge on any atom is 0.161 e. The van der Waals surface area contributed by atoms with Crippen molar-refractivity contribution in [1.29, 1.82) is 0 Å². The van der Waals surface area contributed by atoms with Gasteiger partial charge in [-0.3, -0.25) is 0 Å². The Hall–Kier alpha value is -4.62. The molecule has 0 radical (unpaired) electrons. The number of hydrogen-bond acceptors (Lipinski definition) is 12. The van der Waals surface area contributed by atoms with Gasteiger partial charge in [-0.1, -0.05) is 119 Å². The van der Waals surface area contributed by atoms with E-state index < -0.39 is 53.7 Å². The SMILES string of the molecule is CCC1Cc2cc(O)c(OC3CC(Cc4ccc[nH]4)C4=CCNC(N)=C4CSSCC(CO)C3O)cc2C2CC(O)C3C(C#CC(CCc4ccccc4)(C(CO)Cc4ccccc4)CC(O)CCC3O)C=C12.